The summed E-state index contributed by atoms with van der Waals surface area (Å²) in [6, 6.07) is 10.5. The lowest BCUT2D eigenvalue weighted by Crippen LogP contribution is -2.12. The lowest BCUT2D eigenvalue weighted by molar-refractivity contribution is 0.102. The fourth-order valence-corrected chi connectivity index (χ4v) is 2.54. The summed E-state index contributed by atoms with van der Waals surface area (Å²) in [5.41, 5.74) is 1.07. The smallest absolute Gasteiger partial charge is 0.255 e. The Bertz CT molecular complexity index is 691. The molecule has 0 heterocycles. The second kappa shape index (κ2) is 7.51. The van der Waals surface area contributed by atoms with Crippen LogP contribution in [0.4, 0.5) is 5.69 Å². The van der Waals surface area contributed by atoms with Gasteiger partial charge in [0.1, 0.15) is 0 Å². The van der Waals surface area contributed by atoms with E-state index in [0.29, 0.717) is 34.4 Å². The van der Waals surface area contributed by atoms with Gasteiger partial charge in [0.05, 0.1) is 24.4 Å². The van der Waals surface area contributed by atoms with Gasteiger partial charge in [-0.15, -0.1) is 0 Å². The number of hydrogen-bond acceptors (Lipinski definition) is 3. The molecule has 116 valence electrons. The summed E-state index contributed by atoms with van der Waals surface area (Å²) in [6.07, 6.45) is 0. The molecule has 22 heavy (non-hydrogen) atoms. The SMILES string of the molecule is CCOc1c(Cl)cc(C(=O)Nc2ccccc2Br)cc1OC. The Morgan fingerprint density at radius 3 is 2.68 bits per heavy atom. The van der Waals surface area contributed by atoms with E-state index in [4.69, 9.17) is 21.1 Å². The van der Waals surface area contributed by atoms with Crippen molar-refractivity contribution in [1.82, 2.24) is 0 Å². The van der Waals surface area contributed by atoms with Crippen LogP contribution in [-0.2, 0) is 0 Å². The number of ether oxygens (including phenoxy) is 2. The van der Waals surface area contributed by atoms with Crippen molar-refractivity contribution in [2.45, 2.75) is 6.92 Å². The van der Waals surface area contributed by atoms with E-state index in [0.717, 1.165) is 4.47 Å². The minimum absolute atomic E-state index is 0.282. The van der Waals surface area contributed by atoms with Crippen LogP contribution in [0.25, 0.3) is 0 Å². The number of anilines is 1. The van der Waals surface area contributed by atoms with E-state index in [1.165, 1.54) is 7.11 Å². The maximum atomic E-state index is 12.4. The number of methoxy groups -OCH3 is 1. The topological polar surface area (TPSA) is 47.6 Å². The van der Waals surface area contributed by atoms with E-state index in [1.54, 1.807) is 18.2 Å². The molecule has 0 radical (unpaired) electrons. The van der Waals surface area contributed by atoms with Crippen molar-refractivity contribution in [2.24, 2.45) is 0 Å². The Kier molecular flexibility index (Phi) is 5.69. The average Bonchev–Trinajstić information content (AvgIpc) is 2.51. The molecule has 0 bridgehead atoms. The molecule has 0 saturated carbocycles. The molecule has 2 aromatic carbocycles. The minimum atomic E-state index is -0.282. The standard InChI is InChI=1S/C16H15BrClNO3/c1-3-22-15-12(18)8-10(9-14(15)21-2)16(20)19-13-7-5-4-6-11(13)17/h4-9H,3H2,1-2H3,(H,19,20). The molecule has 2 aromatic rings. The van der Waals surface area contributed by atoms with E-state index in [9.17, 15) is 4.79 Å². The molecule has 0 fully saturated rings. The highest BCUT2D eigenvalue weighted by atomic mass is 79.9. The van der Waals surface area contributed by atoms with Gasteiger partial charge in [0.25, 0.3) is 5.91 Å². The predicted molar refractivity (Wildman–Crippen MR) is 91.3 cm³/mol. The molecule has 2 rings (SSSR count). The van der Waals surface area contributed by atoms with Crippen LogP contribution in [-0.4, -0.2) is 19.6 Å². The Balaban J connectivity index is 2.30. The molecule has 0 spiro atoms. The molecule has 0 aliphatic heterocycles. The van der Waals surface area contributed by atoms with E-state index < -0.39 is 0 Å². The molecule has 0 aliphatic carbocycles. The number of benzene rings is 2. The number of nitrogens with one attached hydrogen (secondary N) is 1. The van der Waals surface area contributed by atoms with Gasteiger partial charge in [-0.2, -0.15) is 0 Å². The third kappa shape index (κ3) is 3.72. The molecule has 1 N–H and O–H groups in total. The Hall–Kier alpha value is -1.72. The molecule has 4 nitrogen and oxygen atoms in total. The summed E-state index contributed by atoms with van der Waals surface area (Å²) in [7, 11) is 1.50. The van der Waals surface area contributed by atoms with Gasteiger partial charge in [0.15, 0.2) is 11.5 Å². The summed E-state index contributed by atoms with van der Waals surface area (Å²) in [5, 5.41) is 3.15. The van der Waals surface area contributed by atoms with E-state index in [-0.39, 0.29) is 5.91 Å². The molecule has 0 aliphatic rings. The fraction of sp³-hybridized carbons (Fsp3) is 0.188. The van der Waals surface area contributed by atoms with Gasteiger partial charge in [-0.25, -0.2) is 0 Å². The fourth-order valence-electron chi connectivity index (χ4n) is 1.89. The zero-order valence-corrected chi connectivity index (χ0v) is 14.5. The summed E-state index contributed by atoms with van der Waals surface area (Å²) in [6.45, 7) is 2.31. The molecule has 1 amide bonds. The van der Waals surface area contributed by atoms with Crippen LogP contribution >= 0.6 is 27.5 Å². The third-order valence-corrected chi connectivity index (χ3v) is 3.87. The second-order valence-electron chi connectivity index (χ2n) is 4.36. The first-order chi connectivity index (χ1) is 10.6. The Labute approximate surface area is 142 Å². The number of carbonyl (C=O) groups excluding carboxylic acids is 1. The Morgan fingerprint density at radius 1 is 1.32 bits per heavy atom. The molecule has 0 saturated heterocycles. The third-order valence-electron chi connectivity index (χ3n) is 2.90. The van der Waals surface area contributed by atoms with Crippen LogP contribution in [0.3, 0.4) is 0 Å². The van der Waals surface area contributed by atoms with Crippen LogP contribution in [0, 0.1) is 0 Å². The number of halogens is 2. The maximum absolute atomic E-state index is 12.4. The monoisotopic (exact) mass is 383 g/mol. The van der Waals surface area contributed by atoms with Crippen LogP contribution < -0.4 is 14.8 Å². The zero-order chi connectivity index (χ0) is 16.1. The normalized spacial score (nSPS) is 10.2. The van der Waals surface area contributed by atoms with Gasteiger partial charge < -0.3 is 14.8 Å². The van der Waals surface area contributed by atoms with Crippen LogP contribution in [0.2, 0.25) is 5.02 Å². The zero-order valence-electron chi connectivity index (χ0n) is 12.2. The van der Waals surface area contributed by atoms with Gasteiger partial charge in [0.2, 0.25) is 0 Å². The minimum Gasteiger partial charge on any atom is -0.493 e. The quantitative estimate of drug-likeness (QED) is 0.808. The summed E-state index contributed by atoms with van der Waals surface area (Å²) < 4.78 is 11.5. The molecule has 6 heteroatoms. The van der Waals surface area contributed by atoms with Crippen LogP contribution in [0.1, 0.15) is 17.3 Å². The first-order valence-electron chi connectivity index (χ1n) is 6.63. The molecule has 0 atom stereocenters. The van der Waals surface area contributed by atoms with Crippen molar-refractivity contribution < 1.29 is 14.3 Å². The highest BCUT2D eigenvalue weighted by Gasteiger charge is 2.16. The Morgan fingerprint density at radius 2 is 2.05 bits per heavy atom. The molecule has 0 aromatic heterocycles. The highest BCUT2D eigenvalue weighted by Crippen LogP contribution is 2.36. The van der Waals surface area contributed by atoms with Gasteiger partial charge >= 0.3 is 0 Å². The van der Waals surface area contributed by atoms with Crippen molar-refractivity contribution in [1.29, 1.82) is 0 Å². The van der Waals surface area contributed by atoms with Crippen molar-refractivity contribution in [3.8, 4) is 11.5 Å². The number of carbonyl (C=O) groups is 1. The summed E-state index contributed by atoms with van der Waals surface area (Å²) in [4.78, 5) is 12.4. The van der Waals surface area contributed by atoms with Crippen LogP contribution in [0.5, 0.6) is 11.5 Å². The van der Waals surface area contributed by atoms with Crippen molar-refractivity contribution in [3.05, 3.63) is 51.5 Å². The van der Waals surface area contributed by atoms with Gasteiger partial charge in [-0.05, 0) is 47.1 Å². The van der Waals surface area contributed by atoms with Crippen LogP contribution in [0.15, 0.2) is 40.9 Å². The maximum Gasteiger partial charge on any atom is 0.255 e. The van der Waals surface area contributed by atoms with E-state index in [2.05, 4.69) is 21.2 Å². The lowest BCUT2D eigenvalue weighted by atomic mass is 10.1. The molecular formula is C16H15BrClNO3. The van der Waals surface area contributed by atoms with Crippen molar-refractivity contribution in [2.75, 3.05) is 19.0 Å². The predicted octanol–water partition coefficient (Wildman–Crippen LogP) is 4.76. The number of amides is 1. The van der Waals surface area contributed by atoms with Crippen molar-refractivity contribution >= 4 is 39.1 Å². The number of para-hydroxylation sites is 1. The van der Waals surface area contributed by atoms with Gasteiger partial charge in [-0.1, -0.05) is 23.7 Å². The largest absolute Gasteiger partial charge is 0.493 e. The number of hydrogen-bond donors (Lipinski definition) is 1. The van der Waals surface area contributed by atoms with Crippen molar-refractivity contribution in [3.63, 3.8) is 0 Å². The van der Waals surface area contributed by atoms with Gasteiger partial charge in [-0.3, -0.25) is 4.79 Å². The number of rotatable bonds is 5. The van der Waals surface area contributed by atoms with E-state index in [1.807, 2.05) is 25.1 Å². The first-order valence-corrected chi connectivity index (χ1v) is 7.80. The molecular weight excluding hydrogens is 370 g/mol. The lowest BCUT2D eigenvalue weighted by Gasteiger charge is -2.13. The van der Waals surface area contributed by atoms with Gasteiger partial charge in [0, 0.05) is 10.0 Å². The summed E-state index contributed by atoms with van der Waals surface area (Å²) >= 11 is 9.56. The van der Waals surface area contributed by atoms with E-state index >= 15 is 0 Å². The second-order valence-corrected chi connectivity index (χ2v) is 5.62. The first kappa shape index (κ1) is 16.6. The molecule has 0 unspecified atom stereocenters. The summed E-state index contributed by atoms with van der Waals surface area (Å²) in [5.74, 6) is 0.575. The highest BCUT2D eigenvalue weighted by molar-refractivity contribution is 9.10. The average molecular weight is 385 g/mol.